The number of amides is 1. The molecule has 1 amide bonds. The number of aliphatic hydroxyl groups is 1. The Kier molecular flexibility index (Phi) is 9.61. The van der Waals surface area contributed by atoms with Crippen molar-refractivity contribution < 1.29 is 27.3 Å². The van der Waals surface area contributed by atoms with Gasteiger partial charge in [-0.05, 0) is 122 Å². The Hall–Kier alpha value is -0.483. The first-order valence-electron chi connectivity index (χ1n) is 16.4. The lowest BCUT2D eigenvalue weighted by Crippen LogP contribution is -2.59. The van der Waals surface area contributed by atoms with Crippen molar-refractivity contribution in [1.82, 2.24) is 5.32 Å². The van der Waals surface area contributed by atoms with Gasteiger partial charge >= 0.3 is 0 Å². The number of aliphatic hydroxyl groups excluding tert-OH is 1. The molecular formula is C32H59NO6SSi. The second kappa shape index (κ2) is 11.8. The first-order chi connectivity index (χ1) is 18.8. The maximum absolute atomic E-state index is 12.3. The van der Waals surface area contributed by atoms with Crippen molar-refractivity contribution in [2.75, 3.05) is 12.3 Å². The Morgan fingerprint density at radius 1 is 1.05 bits per heavy atom. The van der Waals surface area contributed by atoms with E-state index in [0.717, 1.165) is 32.1 Å². The van der Waals surface area contributed by atoms with Crippen molar-refractivity contribution in [2.24, 2.45) is 46.3 Å². The molecule has 238 valence electrons. The SMILES string of the molecule is C[C@H](CCC(=O)NCCS(=O)(=O)O)[C@H]1CC[C@H]2[C@@H]3[C@@H](O)CC4C[C@H](O[Si](C)(C)C(C)(C)C)CC[C@]4(C)[C@H]3CC[C@]12C. The summed E-state index contributed by atoms with van der Waals surface area (Å²) >= 11 is 0. The minimum Gasteiger partial charge on any atom is -0.414 e. The topological polar surface area (TPSA) is 113 Å². The van der Waals surface area contributed by atoms with Crippen molar-refractivity contribution in [3.8, 4) is 0 Å². The normalized spacial score (nSPS) is 40.3. The molecular weight excluding hydrogens is 555 g/mol. The molecule has 0 aromatic rings. The van der Waals surface area contributed by atoms with Gasteiger partial charge in [0.2, 0.25) is 5.91 Å². The monoisotopic (exact) mass is 613 g/mol. The summed E-state index contributed by atoms with van der Waals surface area (Å²) in [5.74, 6) is 2.32. The number of nitrogens with one attached hydrogen (secondary N) is 1. The highest BCUT2D eigenvalue weighted by atomic mass is 32.2. The van der Waals surface area contributed by atoms with Crippen LogP contribution in [0.25, 0.3) is 0 Å². The molecule has 7 nitrogen and oxygen atoms in total. The molecule has 9 heteroatoms. The molecule has 0 bridgehead atoms. The van der Waals surface area contributed by atoms with Crippen LogP contribution in [0, 0.1) is 46.3 Å². The van der Waals surface area contributed by atoms with Gasteiger partial charge in [-0.3, -0.25) is 9.35 Å². The molecule has 0 aliphatic heterocycles. The third-order valence-corrected chi connectivity index (χ3v) is 18.4. The van der Waals surface area contributed by atoms with Crippen LogP contribution in [-0.4, -0.2) is 56.8 Å². The van der Waals surface area contributed by atoms with Crippen molar-refractivity contribution >= 4 is 24.3 Å². The molecule has 0 aromatic heterocycles. The molecule has 0 aromatic carbocycles. The van der Waals surface area contributed by atoms with E-state index < -0.39 is 24.2 Å². The minimum absolute atomic E-state index is 0.0564. The van der Waals surface area contributed by atoms with Gasteiger partial charge < -0.3 is 14.8 Å². The molecule has 0 heterocycles. The van der Waals surface area contributed by atoms with Crippen LogP contribution < -0.4 is 5.32 Å². The lowest BCUT2D eigenvalue weighted by atomic mass is 9.43. The molecule has 0 saturated heterocycles. The van der Waals surface area contributed by atoms with Crippen LogP contribution in [0.5, 0.6) is 0 Å². The quantitative estimate of drug-likeness (QED) is 0.204. The number of carbonyl (C=O) groups is 1. The van der Waals surface area contributed by atoms with E-state index in [1.807, 2.05) is 0 Å². The molecule has 4 aliphatic carbocycles. The molecule has 4 saturated carbocycles. The van der Waals surface area contributed by atoms with E-state index >= 15 is 0 Å². The maximum atomic E-state index is 12.3. The second-order valence-corrected chi connectivity index (χ2v) is 22.8. The Labute approximate surface area is 251 Å². The molecule has 4 fully saturated rings. The van der Waals surface area contributed by atoms with Crippen LogP contribution in [-0.2, 0) is 19.3 Å². The number of fused-ring (bicyclic) bond motifs is 5. The number of carbonyl (C=O) groups excluding carboxylic acids is 1. The second-order valence-electron chi connectivity index (χ2n) is 16.5. The molecule has 0 radical (unpaired) electrons. The molecule has 41 heavy (non-hydrogen) atoms. The third kappa shape index (κ3) is 6.79. The average molecular weight is 614 g/mol. The Morgan fingerprint density at radius 3 is 2.32 bits per heavy atom. The van der Waals surface area contributed by atoms with Gasteiger partial charge in [-0.1, -0.05) is 41.5 Å². The fourth-order valence-electron chi connectivity index (χ4n) is 9.83. The van der Waals surface area contributed by atoms with E-state index in [-0.39, 0.29) is 34.4 Å². The summed E-state index contributed by atoms with van der Waals surface area (Å²) < 4.78 is 37.6. The lowest BCUT2D eigenvalue weighted by molar-refractivity contribution is -0.173. The van der Waals surface area contributed by atoms with E-state index in [1.54, 1.807) is 0 Å². The van der Waals surface area contributed by atoms with Crippen LogP contribution in [0.2, 0.25) is 18.1 Å². The van der Waals surface area contributed by atoms with Crippen molar-refractivity contribution in [2.45, 2.75) is 136 Å². The highest BCUT2D eigenvalue weighted by molar-refractivity contribution is 7.85. The van der Waals surface area contributed by atoms with Crippen molar-refractivity contribution in [1.29, 1.82) is 0 Å². The Morgan fingerprint density at radius 2 is 1.68 bits per heavy atom. The summed E-state index contributed by atoms with van der Waals surface area (Å²) in [6.45, 7) is 18.9. The van der Waals surface area contributed by atoms with Gasteiger partial charge in [-0.25, -0.2) is 0 Å². The predicted octanol–water partition coefficient (Wildman–Crippen LogP) is 6.43. The van der Waals surface area contributed by atoms with Gasteiger partial charge in [-0.2, -0.15) is 8.42 Å². The lowest BCUT2D eigenvalue weighted by Gasteiger charge is -2.63. The van der Waals surface area contributed by atoms with Crippen LogP contribution in [0.15, 0.2) is 0 Å². The zero-order valence-electron chi connectivity index (χ0n) is 27.0. The highest BCUT2D eigenvalue weighted by Crippen LogP contribution is 2.68. The first kappa shape index (κ1) is 33.4. The largest absolute Gasteiger partial charge is 0.414 e. The number of hydrogen-bond donors (Lipinski definition) is 3. The Bertz CT molecular complexity index is 1060. The summed E-state index contributed by atoms with van der Waals surface area (Å²) in [6, 6.07) is 0. The average Bonchev–Trinajstić information content (AvgIpc) is 3.19. The maximum Gasteiger partial charge on any atom is 0.266 e. The zero-order chi connectivity index (χ0) is 30.6. The van der Waals surface area contributed by atoms with Gasteiger partial charge in [0.15, 0.2) is 8.32 Å². The van der Waals surface area contributed by atoms with E-state index in [2.05, 4.69) is 60.0 Å². The van der Waals surface area contributed by atoms with E-state index in [4.69, 9.17) is 8.98 Å². The smallest absolute Gasteiger partial charge is 0.266 e. The fraction of sp³-hybridized carbons (Fsp3) is 0.969. The molecule has 0 spiro atoms. The summed E-state index contributed by atoms with van der Waals surface area (Å²) in [6.07, 6.45) is 10.3. The summed E-state index contributed by atoms with van der Waals surface area (Å²) in [5.41, 5.74) is 0.469. The first-order valence-corrected chi connectivity index (χ1v) is 20.9. The molecule has 10 atom stereocenters. The summed E-state index contributed by atoms with van der Waals surface area (Å²) in [4.78, 5) is 12.3. The van der Waals surface area contributed by atoms with E-state index in [0.29, 0.717) is 48.0 Å². The minimum atomic E-state index is -4.07. The number of rotatable bonds is 9. The predicted molar refractivity (Wildman–Crippen MR) is 167 cm³/mol. The van der Waals surface area contributed by atoms with E-state index in [9.17, 15) is 18.3 Å². The standard InChI is InChI=1S/C32H59NO6SSi/c1-21(9-12-28(35)33-17-18-40(36,37)38)24-10-11-25-29-26(14-16-32(24,25)6)31(5)15-13-23(19-22(31)20-27(29)34)39-41(7,8)30(2,3)4/h21-27,29,34H,9-20H2,1-8H3,(H,33,35)(H,36,37,38)/t21-,22?,23-,24-,25+,26+,27+,29+,31+,32-/m1/s1. The Balaban J connectivity index is 1.39. The van der Waals surface area contributed by atoms with Crippen molar-refractivity contribution in [3.05, 3.63) is 0 Å². The van der Waals surface area contributed by atoms with Gasteiger partial charge in [0.25, 0.3) is 10.1 Å². The molecule has 3 N–H and O–H groups in total. The fourth-order valence-corrected chi connectivity index (χ4v) is 11.6. The molecule has 1 unspecified atom stereocenters. The van der Waals surface area contributed by atoms with Crippen LogP contribution in [0.1, 0.15) is 106 Å². The van der Waals surface area contributed by atoms with Gasteiger partial charge in [0, 0.05) is 19.1 Å². The van der Waals surface area contributed by atoms with Crippen molar-refractivity contribution in [3.63, 3.8) is 0 Å². The third-order valence-electron chi connectivity index (χ3n) is 13.2. The highest BCUT2D eigenvalue weighted by Gasteiger charge is 2.63. The number of hydrogen-bond acceptors (Lipinski definition) is 5. The van der Waals surface area contributed by atoms with Gasteiger partial charge in [0.1, 0.15) is 0 Å². The van der Waals surface area contributed by atoms with Gasteiger partial charge in [0.05, 0.1) is 11.9 Å². The molecule has 4 aliphatic rings. The molecule has 4 rings (SSSR count). The zero-order valence-corrected chi connectivity index (χ0v) is 28.9. The summed E-state index contributed by atoms with van der Waals surface area (Å²) in [7, 11) is -5.89. The van der Waals surface area contributed by atoms with E-state index in [1.165, 1.54) is 25.7 Å². The van der Waals surface area contributed by atoms with Gasteiger partial charge in [-0.15, -0.1) is 0 Å². The van der Waals surface area contributed by atoms with Crippen LogP contribution >= 0.6 is 0 Å². The van der Waals surface area contributed by atoms with Crippen LogP contribution in [0.4, 0.5) is 0 Å². The van der Waals surface area contributed by atoms with Crippen LogP contribution in [0.3, 0.4) is 0 Å². The summed E-state index contributed by atoms with van der Waals surface area (Å²) in [5, 5.41) is 14.6.